The zero-order valence-electron chi connectivity index (χ0n) is 10.0. The van der Waals surface area contributed by atoms with Crippen molar-refractivity contribution in [2.24, 2.45) is 5.92 Å². The fourth-order valence-corrected chi connectivity index (χ4v) is 2.06. The summed E-state index contributed by atoms with van der Waals surface area (Å²) < 4.78 is 0. The summed E-state index contributed by atoms with van der Waals surface area (Å²) in [5.74, 6) is 0.437. The topological polar surface area (TPSA) is 17.1 Å². The third-order valence-electron chi connectivity index (χ3n) is 2.85. The van der Waals surface area contributed by atoms with Gasteiger partial charge in [-0.05, 0) is 37.5 Å². The molecule has 0 bridgehead atoms. The van der Waals surface area contributed by atoms with Gasteiger partial charge < -0.3 is 0 Å². The molecule has 0 radical (unpaired) electrons. The summed E-state index contributed by atoms with van der Waals surface area (Å²) >= 11 is 5.93. The van der Waals surface area contributed by atoms with Crippen molar-refractivity contribution in [3.63, 3.8) is 0 Å². The third-order valence-corrected chi connectivity index (χ3v) is 3.09. The zero-order valence-corrected chi connectivity index (χ0v) is 10.8. The van der Waals surface area contributed by atoms with E-state index >= 15 is 0 Å². The van der Waals surface area contributed by atoms with Gasteiger partial charge in [0.15, 0.2) is 0 Å². The van der Waals surface area contributed by atoms with E-state index in [4.69, 9.17) is 11.6 Å². The maximum absolute atomic E-state index is 11.5. The summed E-state index contributed by atoms with van der Waals surface area (Å²) in [6.45, 7) is 3.83. The number of carbonyl (C=O) groups excluding carboxylic acids is 1. The van der Waals surface area contributed by atoms with Crippen LogP contribution in [-0.4, -0.2) is 5.78 Å². The van der Waals surface area contributed by atoms with Gasteiger partial charge in [0.25, 0.3) is 0 Å². The van der Waals surface area contributed by atoms with E-state index in [1.165, 1.54) is 0 Å². The maximum atomic E-state index is 11.5. The van der Waals surface area contributed by atoms with Crippen LogP contribution in [0.15, 0.2) is 24.3 Å². The molecular weight excluding hydrogens is 220 g/mol. The molecule has 1 rings (SSSR count). The van der Waals surface area contributed by atoms with Crippen molar-refractivity contribution in [3.05, 3.63) is 34.9 Å². The average molecular weight is 239 g/mol. The highest BCUT2D eigenvalue weighted by Gasteiger charge is 2.14. The molecule has 0 saturated carbocycles. The van der Waals surface area contributed by atoms with Crippen molar-refractivity contribution in [2.75, 3.05) is 0 Å². The van der Waals surface area contributed by atoms with Crippen LogP contribution in [0.25, 0.3) is 0 Å². The molecule has 16 heavy (non-hydrogen) atoms. The molecule has 1 aromatic carbocycles. The Balaban J connectivity index is 2.64. The van der Waals surface area contributed by atoms with Gasteiger partial charge in [0.05, 0.1) is 0 Å². The largest absolute Gasteiger partial charge is 0.300 e. The minimum atomic E-state index is 0.151. The van der Waals surface area contributed by atoms with E-state index in [9.17, 15) is 4.79 Å². The van der Waals surface area contributed by atoms with E-state index in [1.807, 2.05) is 24.3 Å². The summed E-state index contributed by atoms with van der Waals surface area (Å²) in [5.41, 5.74) is 1.16. The van der Waals surface area contributed by atoms with Gasteiger partial charge in [0.1, 0.15) is 5.78 Å². The number of benzene rings is 1. The lowest BCUT2D eigenvalue weighted by molar-refractivity contribution is -0.120. The highest BCUT2D eigenvalue weighted by molar-refractivity contribution is 6.30. The minimum Gasteiger partial charge on any atom is -0.300 e. The van der Waals surface area contributed by atoms with Gasteiger partial charge in [-0.1, -0.05) is 43.5 Å². The molecule has 1 nitrogen and oxygen atoms in total. The van der Waals surface area contributed by atoms with Gasteiger partial charge in [-0.15, -0.1) is 0 Å². The van der Waals surface area contributed by atoms with Crippen molar-refractivity contribution in [3.8, 4) is 0 Å². The minimum absolute atomic E-state index is 0.151. The van der Waals surface area contributed by atoms with Crippen molar-refractivity contribution in [1.29, 1.82) is 0 Å². The first-order chi connectivity index (χ1) is 7.63. The smallest absolute Gasteiger partial charge is 0.133 e. The molecule has 1 aromatic rings. The first-order valence-electron chi connectivity index (χ1n) is 5.88. The molecule has 0 saturated heterocycles. The van der Waals surface area contributed by atoms with Crippen LogP contribution in [0.4, 0.5) is 0 Å². The van der Waals surface area contributed by atoms with E-state index in [-0.39, 0.29) is 11.7 Å². The van der Waals surface area contributed by atoms with E-state index in [2.05, 4.69) is 6.92 Å². The number of hydrogen-bond donors (Lipinski definition) is 0. The second kappa shape index (κ2) is 6.70. The predicted molar refractivity (Wildman–Crippen MR) is 68.9 cm³/mol. The van der Waals surface area contributed by atoms with Crippen LogP contribution in [0.1, 0.15) is 38.7 Å². The van der Waals surface area contributed by atoms with Crippen LogP contribution in [0.2, 0.25) is 5.02 Å². The summed E-state index contributed by atoms with van der Waals surface area (Å²) in [7, 11) is 0. The Morgan fingerprint density at radius 1 is 1.44 bits per heavy atom. The van der Waals surface area contributed by atoms with Gasteiger partial charge >= 0.3 is 0 Å². The van der Waals surface area contributed by atoms with E-state index in [1.54, 1.807) is 6.92 Å². The highest BCUT2D eigenvalue weighted by Crippen LogP contribution is 2.19. The Hall–Kier alpha value is -0.820. The second-order valence-corrected chi connectivity index (χ2v) is 4.72. The number of Topliss-reactive ketones (excluding diaryl/α,β-unsaturated/α-hetero) is 1. The number of ketones is 1. The quantitative estimate of drug-likeness (QED) is 0.723. The van der Waals surface area contributed by atoms with Gasteiger partial charge in [-0.25, -0.2) is 0 Å². The second-order valence-electron chi connectivity index (χ2n) is 4.28. The fraction of sp³-hybridized carbons (Fsp3) is 0.500. The van der Waals surface area contributed by atoms with Crippen LogP contribution in [0.5, 0.6) is 0 Å². The molecule has 1 unspecified atom stereocenters. The third kappa shape index (κ3) is 4.36. The summed E-state index contributed by atoms with van der Waals surface area (Å²) in [6, 6.07) is 7.78. The Morgan fingerprint density at radius 3 is 2.75 bits per heavy atom. The van der Waals surface area contributed by atoms with Crippen LogP contribution in [-0.2, 0) is 11.2 Å². The summed E-state index contributed by atoms with van der Waals surface area (Å²) in [4.78, 5) is 11.5. The molecule has 0 amide bonds. The molecular formula is C14H19ClO. The van der Waals surface area contributed by atoms with Crippen LogP contribution in [0, 0.1) is 5.92 Å². The lowest BCUT2D eigenvalue weighted by Gasteiger charge is -2.13. The summed E-state index contributed by atoms with van der Waals surface area (Å²) in [6.07, 6.45) is 4.05. The van der Waals surface area contributed by atoms with Crippen LogP contribution in [0.3, 0.4) is 0 Å². The Labute approximate surface area is 103 Å². The molecule has 0 aromatic heterocycles. The number of hydrogen-bond acceptors (Lipinski definition) is 1. The summed E-state index contributed by atoms with van der Waals surface area (Å²) in [5, 5.41) is 0.746. The van der Waals surface area contributed by atoms with Crippen molar-refractivity contribution in [2.45, 2.75) is 39.5 Å². The number of carbonyl (C=O) groups is 1. The number of unbranched alkanes of at least 4 members (excludes halogenated alkanes) is 1. The first kappa shape index (κ1) is 13.2. The Bertz CT molecular complexity index is 346. The molecule has 88 valence electrons. The van der Waals surface area contributed by atoms with E-state index < -0.39 is 0 Å². The molecule has 0 aliphatic heterocycles. The molecule has 2 heteroatoms. The normalized spacial score (nSPS) is 12.4. The lowest BCUT2D eigenvalue weighted by Crippen LogP contribution is -2.14. The molecule has 0 N–H and O–H groups in total. The van der Waals surface area contributed by atoms with Gasteiger partial charge in [0, 0.05) is 10.9 Å². The number of halogens is 1. The molecule has 0 fully saturated rings. The molecule has 0 spiro atoms. The highest BCUT2D eigenvalue weighted by atomic mass is 35.5. The van der Waals surface area contributed by atoms with Crippen molar-refractivity contribution < 1.29 is 4.79 Å². The van der Waals surface area contributed by atoms with E-state index in [0.717, 1.165) is 36.3 Å². The van der Waals surface area contributed by atoms with Crippen molar-refractivity contribution >= 4 is 17.4 Å². The average Bonchev–Trinajstić information content (AvgIpc) is 2.24. The molecule has 1 atom stereocenters. The zero-order chi connectivity index (χ0) is 12.0. The van der Waals surface area contributed by atoms with Crippen LogP contribution < -0.4 is 0 Å². The van der Waals surface area contributed by atoms with E-state index in [0.29, 0.717) is 0 Å². The fourth-order valence-electron chi connectivity index (χ4n) is 1.85. The lowest BCUT2D eigenvalue weighted by atomic mass is 9.91. The molecule has 0 aliphatic carbocycles. The predicted octanol–water partition coefficient (Wildman–Crippen LogP) is 4.28. The maximum Gasteiger partial charge on any atom is 0.133 e. The number of rotatable bonds is 6. The standard InChI is InChI=1S/C14H19ClO/c1-3-4-7-13(11(2)16)9-12-6-5-8-14(15)10-12/h5-6,8,10,13H,3-4,7,9H2,1-2H3. The van der Waals surface area contributed by atoms with Gasteiger partial charge in [-0.3, -0.25) is 4.79 Å². The Morgan fingerprint density at radius 2 is 2.19 bits per heavy atom. The Kier molecular flexibility index (Phi) is 5.54. The van der Waals surface area contributed by atoms with Crippen molar-refractivity contribution in [1.82, 2.24) is 0 Å². The molecule has 0 heterocycles. The van der Waals surface area contributed by atoms with Gasteiger partial charge in [0.2, 0.25) is 0 Å². The molecule has 0 aliphatic rings. The van der Waals surface area contributed by atoms with Gasteiger partial charge in [-0.2, -0.15) is 0 Å². The first-order valence-corrected chi connectivity index (χ1v) is 6.26. The SMILES string of the molecule is CCCCC(Cc1cccc(Cl)c1)C(C)=O. The monoisotopic (exact) mass is 238 g/mol. The van der Waals surface area contributed by atoms with Crippen LogP contribution >= 0.6 is 11.6 Å².